The first-order valence-corrected chi connectivity index (χ1v) is 16.3. The number of carbonyl (C=O) groups is 1. The largest absolute Gasteiger partial charge is 1.00 e. The van der Waals surface area contributed by atoms with Crippen LogP contribution in [-0.4, -0.2) is 11.6 Å². The molecule has 0 aliphatic carbocycles. The summed E-state index contributed by atoms with van der Waals surface area (Å²) in [6, 6.07) is 28.9. The molecular formula is C42H58K2O5. The molecule has 0 fully saturated rings. The zero-order chi connectivity index (χ0) is 36.0. The summed E-state index contributed by atoms with van der Waals surface area (Å²) < 4.78 is 6.04. The molecule has 5 nitrogen and oxygen atoms in total. The molecule has 0 aliphatic heterocycles. The second-order valence-electron chi connectivity index (χ2n) is 9.83. The molecule has 0 saturated heterocycles. The standard InChI is InChI=1S/C18H20O.C11H14O.C8H10.2C2H6.CH2O3.2K.H/c1-4-8-17-14(2)11-12-15(3)18(17)19-13-16-9-6-5-7-10-16;1-4-5-10-8(2)6-7-9(3)11(10)12;1-2-8-6-4-3-5-7-8;2*1-2;2-1-4-3;;;/h4-7,9-12H,1,8,13H2,2-3H3;4,6-7,12H,1,5H2,2-3H3;3-7H,2H2,1H3;2*1-2H3;1,3H;;;/q;;;;;;2*+1;-1/p-1. The molecule has 0 unspecified atom stereocenters. The molecule has 7 heteroatoms. The third-order valence-electron chi connectivity index (χ3n) is 6.62. The SMILES string of the molecule is C=CCc1c(C)ccc(C)c1O.C=CCc1c(C)ccc(C)c1OCc1ccccc1.CC.CC.CCc1ccccc1.O=CO[O-].[H-].[K+].[K+]. The minimum Gasteiger partial charge on any atom is -1.00 e. The smallest absolute Gasteiger partial charge is 1.00 e. The predicted octanol–water partition coefficient (Wildman–Crippen LogP) is 4.21. The van der Waals surface area contributed by atoms with Crippen LogP contribution >= 0.6 is 0 Å². The second-order valence-corrected chi connectivity index (χ2v) is 9.83. The molecule has 0 saturated carbocycles. The summed E-state index contributed by atoms with van der Waals surface area (Å²) in [4.78, 5) is 11.2. The molecule has 0 aliphatic rings. The number of phenols is 1. The number of benzene rings is 4. The van der Waals surface area contributed by atoms with Crippen LogP contribution in [0.15, 0.2) is 110 Å². The molecule has 4 rings (SSSR count). The third kappa shape index (κ3) is 23.7. The van der Waals surface area contributed by atoms with Crippen molar-refractivity contribution < 1.29 is 129 Å². The summed E-state index contributed by atoms with van der Waals surface area (Å²) in [7, 11) is 0. The van der Waals surface area contributed by atoms with Gasteiger partial charge in [-0.15, -0.1) is 13.2 Å². The van der Waals surface area contributed by atoms with Gasteiger partial charge in [0.2, 0.25) is 0 Å². The van der Waals surface area contributed by atoms with Crippen LogP contribution in [0.3, 0.4) is 0 Å². The number of phenolic OH excluding ortho intramolecular Hbond substituents is 1. The van der Waals surface area contributed by atoms with Crippen molar-refractivity contribution in [3.8, 4) is 11.5 Å². The second kappa shape index (κ2) is 36.5. The van der Waals surface area contributed by atoms with Crippen molar-refractivity contribution in [1.82, 2.24) is 0 Å². The maximum Gasteiger partial charge on any atom is 1.00 e. The normalized spacial score (nSPS) is 8.53. The molecule has 0 amide bonds. The van der Waals surface area contributed by atoms with Crippen molar-refractivity contribution in [2.45, 2.75) is 88.2 Å². The maximum absolute atomic E-state index is 9.66. The number of hydrogen-bond acceptors (Lipinski definition) is 5. The van der Waals surface area contributed by atoms with E-state index in [9.17, 15) is 5.11 Å². The monoisotopic (exact) mass is 720 g/mol. The van der Waals surface area contributed by atoms with Crippen LogP contribution in [0.5, 0.6) is 11.5 Å². The molecule has 0 radical (unpaired) electrons. The Morgan fingerprint density at radius 2 is 1.06 bits per heavy atom. The Labute approximate surface area is 384 Å². The molecule has 0 aromatic heterocycles. The molecule has 49 heavy (non-hydrogen) atoms. The van der Waals surface area contributed by atoms with E-state index in [1.165, 1.54) is 27.8 Å². The summed E-state index contributed by atoms with van der Waals surface area (Å²) >= 11 is 0. The van der Waals surface area contributed by atoms with Crippen LogP contribution in [0.2, 0.25) is 0 Å². The zero-order valence-electron chi connectivity index (χ0n) is 33.1. The van der Waals surface area contributed by atoms with Crippen LogP contribution in [0.1, 0.15) is 80.6 Å². The van der Waals surface area contributed by atoms with E-state index in [0.29, 0.717) is 12.4 Å². The van der Waals surface area contributed by atoms with E-state index in [4.69, 9.17) is 14.8 Å². The first kappa shape index (κ1) is 54.4. The number of aromatic hydroxyl groups is 1. The van der Waals surface area contributed by atoms with Gasteiger partial charge in [0.1, 0.15) is 18.1 Å². The first-order valence-electron chi connectivity index (χ1n) is 16.3. The van der Waals surface area contributed by atoms with Crippen LogP contribution in [-0.2, 0) is 35.6 Å². The molecule has 0 atom stereocenters. The van der Waals surface area contributed by atoms with Crippen molar-refractivity contribution in [3.05, 3.63) is 155 Å². The molecule has 4 aromatic carbocycles. The van der Waals surface area contributed by atoms with E-state index in [2.05, 4.69) is 87.3 Å². The minimum absolute atomic E-state index is 0. The molecular weight excluding hydrogens is 663 g/mol. The summed E-state index contributed by atoms with van der Waals surface area (Å²) in [5, 5.41) is 18.1. The van der Waals surface area contributed by atoms with E-state index in [0.717, 1.165) is 41.7 Å². The molecule has 4 aromatic rings. The van der Waals surface area contributed by atoms with Gasteiger partial charge < -0.3 is 21.4 Å². The Hall–Kier alpha value is -1.34. The van der Waals surface area contributed by atoms with Gasteiger partial charge in [-0.1, -0.05) is 132 Å². The number of ether oxygens (including phenoxy) is 1. The Balaban J connectivity index is -0.000000189. The average molecular weight is 721 g/mol. The van der Waals surface area contributed by atoms with Crippen LogP contribution < -0.4 is 113 Å². The fraction of sp³-hybridized carbons (Fsp3) is 0.310. The van der Waals surface area contributed by atoms with Crippen LogP contribution in [0, 0.1) is 27.7 Å². The summed E-state index contributed by atoms with van der Waals surface area (Å²) in [6.07, 6.45) is 6.45. The van der Waals surface area contributed by atoms with E-state index in [-0.39, 0.29) is 111 Å². The van der Waals surface area contributed by atoms with Crippen molar-refractivity contribution >= 4 is 6.47 Å². The molecule has 0 spiro atoms. The topological polar surface area (TPSA) is 78.8 Å². The predicted molar refractivity (Wildman–Crippen MR) is 199 cm³/mol. The van der Waals surface area contributed by atoms with Gasteiger partial charge in [-0.25, -0.2) is 0 Å². The van der Waals surface area contributed by atoms with Crippen molar-refractivity contribution in [3.63, 3.8) is 0 Å². The van der Waals surface area contributed by atoms with Crippen LogP contribution in [0.25, 0.3) is 0 Å². The summed E-state index contributed by atoms with van der Waals surface area (Å²) in [5.74, 6) is 1.42. The fourth-order valence-electron chi connectivity index (χ4n) is 4.14. The van der Waals surface area contributed by atoms with Crippen LogP contribution in [0.4, 0.5) is 0 Å². The van der Waals surface area contributed by atoms with E-state index < -0.39 is 0 Å². The first-order chi connectivity index (χ1) is 22.7. The van der Waals surface area contributed by atoms with E-state index in [1.54, 1.807) is 0 Å². The Morgan fingerprint density at radius 3 is 1.47 bits per heavy atom. The quantitative estimate of drug-likeness (QED) is 0.0923. The van der Waals surface area contributed by atoms with Crippen molar-refractivity contribution in [1.29, 1.82) is 0 Å². The average Bonchev–Trinajstić information content (AvgIpc) is 3.13. The van der Waals surface area contributed by atoms with Gasteiger partial charge >= 0.3 is 103 Å². The Morgan fingerprint density at radius 1 is 0.673 bits per heavy atom. The van der Waals surface area contributed by atoms with Gasteiger partial charge in [-0.2, -0.15) is 0 Å². The number of allylic oxidation sites excluding steroid dienone is 2. The van der Waals surface area contributed by atoms with Crippen molar-refractivity contribution in [2.75, 3.05) is 0 Å². The van der Waals surface area contributed by atoms with Gasteiger partial charge in [-0.05, 0) is 80.3 Å². The van der Waals surface area contributed by atoms with Gasteiger partial charge in [0.25, 0.3) is 6.47 Å². The summed E-state index contributed by atoms with van der Waals surface area (Å²) in [6.45, 7) is 26.2. The number of aryl methyl sites for hydroxylation is 5. The van der Waals surface area contributed by atoms with Crippen molar-refractivity contribution in [2.24, 2.45) is 0 Å². The van der Waals surface area contributed by atoms with Gasteiger partial charge in [0.15, 0.2) is 0 Å². The molecule has 1 N–H and O–H groups in total. The zero-order valence-corrected chi connectivity index (χ0v) is 38.4. The van der Waals surface area contributed by atoms with E-state index in [1.807, 2.05) is 90.1 Å². The maximum atomic E-state index is 9.66. The van der Waals surface area contributed by atoms with Gasteiger partial charge in [-0.3, -0.25) is 4.79 Å². The van der Waals surface area contributed by atoms with Gasteiger partial charge in [0, 0.05) is 11.1 Å². The Bertz CT molecular complexity index is 1400. The minimum atomic E-state index is -0.181. The number of rotatable bonds is 9. The number of hydrogen-bond donors (Lipinski definition) is 1. The van der Waals surface area contributed by atoms with E-state index >= 15 is 0 Å². The third-order valence-corrected chi connectivity index (χ3v) is 6.62. The molecule has 0 heterocycles. The molecule has 0 bridgehead atoms. The number of carbonyl (C=O) groups excluding carboxylic acids is 1. The Kier molecular flexibility index (Phi) is 40.5. The fourth-order valence-corrected chi connectivity index (χ4v) is 4.14. The molecule has 258 valence electrons. The van der Waals surface area contributed by atoms with Gasteiger partial charge in [0.05, 0.1) is 0 Å². The summed E-state index contributed by atoms with van der Waals surface area (Å²) in [5.41, 5.74) is 9.32.